The molecule has 0 saturated carbocycles. The zero-order valence-electron chi connectivity index (χ0n) is 9.81. The minimum Gasteiger partial charge on any atom is -0.480 e. The van der Waals surface area contributed by atoms with Gasteiger partial charge in [0.2, 0.25) is 0 Å². The molecule has 0 amide bonds. The topological polar surface area (TPSA) is 62.2 Å². The minimum absolute atomic E-state index is 0.333. The number of hydrogen-bond acceptors (Lipinski definition) is 4. The van der Waals surface area contributed by atoms with Gasteiger partial charge in [0, 0.05) is 0 Å². The predicted octanol–water partition coefficient (Wildman–Crippen LogP) is 3.10. The molecule has 0 aliphatic heterocycles. The molecule has 18 heavy (non-hydrogen) atoms. The number of fused-ring (bicyclic) bond motifs is 1. The summed E-state index contributed by atoms with van der Waals surface area (Å²) in [4.78, 5) is 15.2. The van der Waals surface area contributed by atoms with Crippen LogP contribution in [-0.2, 0) is 4.79 Å². The maximum absolute atomic E-state index is 13.5. The normalized spacial score (nSPS) is 12.6. The highest BCUT2D eigenvalue weighted by atomic mass is 32.1. The van der Waals surface area contributed by atoms with E-state index in [9.17, 15) is 9.18 Å². The quantitative estimate of drug-likeness (QED) is 0.874. The van der Waals surface area contributed by atoms with Gasteiger partial charge in [0.05, 0.1) is 10.2 Å². The van der Waals surface area contributed by atoms with Crippen LogP contribution in [0.5, 0.6) is 0 Å². The van der Waals surface area contributed by atoms with Crippen LogP contribution in [-0.4, -0.2) is 22.1 Å². The third-order valence-corrected chi connectivity index (χ3v) is 3.55. The van der Waals surface area contributed by atoms with Crippen LogP contribution in [0.4, 0.5) is 9.52 Å². The molecule has 1 atom stereocenters. The monoisotopic (exact) mass is 268 g/mol. The molecule has 96 valence electrons. The summed E-state index contributed by atoms with van der Waals surface area (Å²) in [6.45, 7) is 1.91. The third-order valence-electron chi connectivity index (χ3n) is 2.54. The minimum atomic E-state index is -0.920. The molecule has 4 nitrogen and oxygen atoms in total. The summed E-state index contributed by atoms with van der Waals surface area (Å²) < 4.78 is 13.9. The van der Waals surface area contributed by atoms with E-state index in [-0.39, 0.29) is 5.82 Å². The van der Waals surface area contributed by atoms with E-state index in [1.165, 1.54) is 6.07 Å². The largest absolute Gasteiger partial charge is 0.480 e. The Morgan fingerprint density at radius 3 is 3.00 bits per heavy atom. The van der Waals surface area contributed by atoms with Crippen LogP contribution >= 0.6 is 11.3 Å². The molecule has 6 heteroatoms. The van der Waals surface area contributed by atoms with Crippen molar-refractivity contribution in [2.45, 2.75) is 25.8 Å². The fraction of sp³-hybridized carbons (Fsp3) is 0.333. The molecule has 0 radical (unpaired) electrons. The molecule has 0 saturated heterocycles. The third kappa shape index (κ3) is 2.59. The van der Waals surface area contributed by atoms with Gasteiger partial charge in [-0.1, -0.05) is 30.7 Å². The van der Waals surface area contributed by atoms with Crippen molar-refractivity contribution in [3.63, 3.8) is 0 Å². The fourth-order valence-corrected chi connectivity index (χ4v) is 2.59. The fourth-order valence-electron chi connectivity index (χ4n) is 1.67. The summed E-state index contributed by atoms with van der Waals surface area (Å²) in [6, 6.07) is 3.97. The number of benzene rings is 1. The first-order valence-corrected chi connectivity index (χ1v) is 6.48. The highest BCUT2D eigenvalue weighted by Crippen LogP contribution is 2.28. The molecule has 0 aliphatic carbocycles. The Kier molecular flexibility index (Phi) is 3.76. The highest BCUT2D eigenvalue weighted by molar-refractivity contribution is 7.22. The summed E-state index contributed by atoms with van der Waals surface area (Å²) in [7, 11) is 0. The number of carboxylic acid groups (broad SMARTS) is 1. The van der Waals surface area contributed by atoms with Gasteiger partial charge < -0.3 is 10.4 Å². The Hall–Kier alpha value is -1.69. The lowest BCUT2D eigenvalue weighted by Gasteiger charge is -2.11. The number of aliphatic carboxylic acids is 1. The average Bonchev–Trinajstić information content (AvgIpc) is 2.72. The van der Waals surface area contributed by atoms with Crippen LogP contribution in [0.1, 0.15) is 19.8 Å². The summed E-state index contributed by atoms with van der Waals surface area (Å²) in [5.41, 5.74) is 0.545. The summed E-state index contributed by atoms with van der Waals surface area (Å²) >= 11 is 1.13. The molecular formula is C12H13FN2O2S. The van der Waals surface area contributed by atoms with Gasteiger partial charge in [-0.25, -0.2) is 14.2 Å². The SMILES string of the molecule is CCCC(Nc1nc2cccc(F)c2s1)C(=O)O. The van der Waals surface area contributed by atoms with Crippen LogP contribution < -0.4 is 5.32 Å². The lowest BCUT2D eigenvalue weighted by molar-refractivity contribution is -0.138. The zero-order valence-corrected chi connectivity index (χ0v) is 10.6. The van der Waals surface area contributed by atoms with Gasteiger partial charge in [-0.05, 0) is 18.6 Å². The van der Waals surface area contributed by atoms with E-state index in [0.29, 0.717) is 21.8 Å². The Morgan fingerprint density at radius 1 is 1.61 bits per heavy atom. The number of anilines is 1. The molecule has 0 fully saturated rings. The molecule has 1 aromatic carbocycles. The Morgan fingerprint density at radius 2 is 2.39 bits per heavy atom. The number of carboxylic acids is 1. The van der Waals surface area contributed by atoms with Gasteiger partial charge in [0.15, 0.2) is 5.13 Å². The van der Waals surface area contributed by atoms with Crippen LogP contribution in [0.3, 0.4) is 0 Å². The molecule has 0 spiro atoms. The van der Waals surface area contributed by atoms with Crippen LogP contribution in [0.25, 0.3) is 10.2 Å². The van der Waals surface area contributed by atoms with Crippen molar-refractivity contribution in [3.8, 4) is 0 Å². The number of rotatable bonds is 5. The van der Waals surface area contributed by atoms with Crippen molar-refractivity contribution >= 4 is 32.7 Å². The van der Waals surface area contributed by atoms with E-state index < -0.39 is 12.0 Å². The number of aromatic nitrogens is 1. The Balaban J connectivity index is 2.26. The van der Waals surface area contributed by atoms with Crippen LogP contribution in [0.15, 0.2) is 18.2 Å². The number of carbonyl (C=O) groups is 1. The van der Waals surface area contributed by atoms with Crippen molar-refractivity contribution < 1.29 is 14.3 Å². The highest BCUT2D eigenvalue weighted by Gasteiger charge is 2.18. The number of nitrogens with one attached hydrogen (secondary N) is 1. The maximum atomic E-state index is 13.5. The second-order valence-electron chi connectivity index (χ2n) is 3.93. The Bertz CT molecular complexity index is 570. The molecule has 2 rings (SSSR count). The van der Waals surface area contributed by atoms with E-state index in [1.807, 2.05) is 6.92 Å². The predicted molar refractivity (Wildman–Crippen MR) is 69.5 cm³/mol. The van der Waals surface area contributed by atoms with E-state index in [1.54, 1.807) is 12.1 Å². The van der Waals surface area contributed by atoms with Crippen molar-refractivity contribution in [1.82, 2.24) is 4.98 Å². The van der Waals surface area contributed by atoms with Crippen molar-refractivity contribution in [2.24, 2.45) is 0 Å². The molecule has 0 aliphatic rings. The van der Waals surface area contributed by atoms with Gasteiger partial charge in [-0.2, -0.15) is 0 Å². The molecule has 1 unspecified atom stereocenters. The van der Waals surface area contributed by atoms with Gasteiger partial charge in [-0.3, -0.25) is 0 Å². The molecule has 2 aromatic rings. The van der Waals surface area contributed by atoms with Gasteiger partial charge in [0.1, 0.15) is 11.9 Å². The summed E-state index contributed by atoms with van der Waals surface area (Å²) in [5, 5.41) is 12.3. The van der Waals surface area contributed by atoms with Gasteiger partial charge >= 0.3 is 5.97 Å². The maximum Gasteiger partial charge on any atom is 0.326 e. The van der Waals surface area contributed by atoms with Crippen LogP contribution in [0.2, 0.25) is 0 Å². The van der Waals surface area contributed by atoms with Gasteiger partial charge in [-0.15, -0.1) is 0 Å². The standard InChI is InChI=1S/C12H13FN2O2S/c1-2-4-9(11(16)17)15-12-14-8-6-3-5-7(13)10(8)18-12/h3,5-6,9H,2,4H2,1H3,(H,14,15)(H,16,17). The second-order valence-corrected chi connectivity index (χ2v) is 4.93. The zero-order chi connectivity index (χ0) is 13.1. The first-order valence-electron chi connectivity index (χ1n) is 5.66. The lowest BCUT2D eigenvalue weighted by atomic mass is 10.2. The first-order chi connectivity index (χ1) is 8.61. The summed E-state index contributed by atoms with van der Waals surface area (Å²) in [5.74, 6) is -1.25. The van der Waals surface area contributed by atoms with Crippen molar-refractivity contribution in [3.05, 3.63) is 24.0 Å². The Labute approximate surface area is 107 Å². The van der Waals surface area contributed by atoms with Crippen molar-refractivity contribution in [1.29, 1.82) is 0 Å². The van der Waals surface area contributed by atoms with Crippen LogP contribution in [0, 0.1) is 5.82 Å². The summed E-state index contributed by atoms with van der Waals surface area (Å²) in [6.07, 6.45) is 1.26. The van der Waals surface area contributed by atoms with E-state index in [2.05, 4.69) is 10.3 Å². The van der Waals surface area contributed by atoms with Gasteiger partial charge in [0.25, 0.3) is 0 Å². The smallest absolute Gasteiger partial charge is 0.326 e. The first kappa shape index (κ1) is 12.8. The second kappa shape index (κ2) is 5.30. The molecule has 0 bridgehead atoms. The number of thiazole rings is 1. The van der Waals surface area contributed by atoms with E-state index in [4.69, 9.17) is 5.11 Å². The molecule has 1 aromatic heterocycles. The van der Waals surface area contributed by atoms with E-state index >= 15 is 0 Å². The number of nitrogens with zero attached hydrogens (tertiary/aromatic N) is 1. The molecule has 1 heterocycles. The molecule has 2 N–H and O–H groups in total. The molecular weight excluding hydrogens is 255 g/mol. The number of halogens is 1. The number of hydrogen-bond donors (Lipinski definition) is 2. The van der Waals surface area contributed by atoms with Crippen molar-refractivity contribution in [2.75, 3.05) is 5.32 Å². The lowest BCUT2D eigenvalue weighted by Crippen LogP contribution is -2.28. The average molecular weight is 268 g/mol. The van der Waals surface area contributed by atoms with E-state index in [0.717, 1.165) is 17.8 Å².